The molecule has 0 bridgehead atoms. The van der Waals surface area contributed by atoms with E-state index in [1.807, 2.05) is 0 Å². The van der Waals surface area contributed by atoms with E-state index in [1.54, 1.807) is 18.2 Å². The number of ether oxygens (including phenoxy) is 2. The zero-order valence-corrected chi connectivity index (χ0v) is 12.6. The van der Waals surface area contributed by atoms with Crippen molar-refractivity contribution in [1.29, 1.82) is 0 Å². The van der Waals surface area contributed by atoms with Crippen molar-refractivity contribution in [2.24, 2.45) is 0 Å². The van der Waals surface area contributed by atoms with Crippen LogP contribution in [0.15, 0.2) is 24.3 Å². The number of benzene rings is 1. The molecule has 2 atom stereocenters. The molecule has 21 heavy (non-hydrogen) atoms. The lowest BCUT2D eigenvalue weighted by Gasteiger charge is -2.47. The molecule has 3 nitrogen and oxygen atoms in total. The number of likely N-dealkylation sites (tertiary alicyclic amines) is 1. The van der Waals surface area contributed by atoms with Crippen molar-refractivity contribution in [1.82, 2.24) is 4.90 Å². The van der Waals surface area contributed by atoms with Gasteiger partial charge < -0.3 is 9.47 Å². The molecular weight excluding hydrogens is 269 g/mol. The lowest BCUT2D eigenvalue weighted by molar-refractivity contribution is -0.0851. The second kappa shape index (κ2) is 6.75. The van der Waals surface area contributed by atoms with Gasteiger partial charge in [0.25, 0.3) is 0 Å². The lowest BCUT2D eigenvalue weighted by Crippen LogP contribution is -2.61. The Bertz CT molecular complexity index is 460. The van der Waals surface area contributed by atoms with E-state index >= 15 is 0 Å². The van der Waals surface area contributed by atoms with Crippen LogP contribution in [-0.2, 0) is 4.74 Å². The molecule has 0 N–H and O–H groups in total. The Hall–Kier alpha value is -1.13. The summed E-state index contributed by atoms with van der Waals surface area (Å²) in [6, 6.07) is 7.14. The standard InChI is InChI=1S/C17H24FNO2/c1-2-20-17-10-6-4-8-15(17)19-11-13(12-19)21-16-9-5-3-7-14(16)18/h3,5,7,9,13,15,17H,2,4,6,8,10-12H2,1H3. The molecule has 1 saturated carbocycles. The average Bonchev–Trinajstić information content (AvgIpc) is 2.46. The average molecular weight is 293 g/mol. The topological polar surface area (TPSA) is 21.7 Å². The first-order valence-electron chi connectivity index (χ1n) is 8.04. The Labute approximate surface area is 126 Å². The summed E-state index contributed by atoms with van der Waals surface area (Å²) in [6.07, 6.45) is 5.38. The van der Waals surface area contributed by atoms with Gasteiger partial charge in [-0.05, 0) is 31.9 Å². The molecule has 0 spiro atoms. The van der Waals surface area contributed by atoms with Gasteiger partial charge in [-0.25, -0.2) is 4.39 Å². The molecule has 1 heterocycles. The van der Waals surface area contributed by atoms with Gasteiger partial charge in [0.15, 0.2) is 11.6 Å². The van der Waals surface area contributed by atoms with Crippen LogP contribution in [0.1, 0.15) is 32.6 Å². The fraction of sp³-hybridized carbons (Fsp3) is 0.647. The number of halogens is 1. The molecule has 1 aliphatic carbocycles. The minimum Gasteiger partial charge on any atom is -0.485 e. The summed E-state index contributed by atoms with van der Waals surface area (Å²) in [5.74, 6) is 0.0907. The van der Waals surface area contributed by atoms with Crippen molar-refractivity contribution in [2.75, 3.05) is 19.7 Å². The summed E-state index contributed by atoms with van der Waals surface area (Å²) in [6.45, 7) is 4.60. The predicted molar refractivity (Wildman–Crippen MR) is 80.1 cm³/mol. The number of rotatable bonds is 5. The highest BCUT2D eigenvalue weighted by Crippen LogP contribution is 2.30. The molecule has 2 aliphatic rings. The van der Waals surface area contributed by atoms with Gasteiger partial charge in [0.05, 0.1) is 6.10 Å². The normalized spacial score (nSPS) is 27.3. The van der Waals surface area contributed by atoms with E-state index in [4.69, 9.17) is 9.47 Å². The van der Waals surface area contributed by atoms with Crippen molar-refractivity contribution < 1.29 is 13.9 Å². The maximum Gasteiger partial charge on any atom is 0.165 e. The molecule has 1 saturated heterocycles. The van der Waals surface area contributed by atoms with Gasteiger partial charge in [0.2, 0.25) is 0 Å². The van der Waals surface area contributed by atoms with Crippen molar-refractivity contribution in [3.05, 3.63) is 30.1 Å². The minimum atomic E-state index is -0.277. The van der Waals surface area contributed by atoms with Crippen molar-refractivity contribution in [3.8, 4) is 5.75 Å². The van der Waals surface area contributed by atoms with Gasteiger partial charge in [-0.2, -0.15) is 0 Å². The maximum atomic E-state index is 13.6. The first-order chi connectivity index (χ1) is 10.3. The van der Waals surface area contributed by atoms with Gasteiger partial charge in [-0.1, -0.05) is 25.0 Å². The summed E-state index contributed by atoms with van der Waals surface area (Å²) < 4.78 is 25.2. The van der Waals surface area contributed by atoms with Gasteiger partial charge >= 0.3 is 0 Å². The molecule has 2 unspecified atom stereocenters. The highest BCUT2D eigenvalue weighted by molar-refractivity contribution is 5.24. The second-order valence-electron chi connectivity index (χ2n) is 5.97. The van der Waals surface area contributed by atoms with Crippen LogP contribution in [0, 0.1) is 5.82 Å². The van der Waals surface area contributed by atoms with Crippen LogP contribution in [0.2, 0.25) is 0 Å². The smallest absolute Gasteiger partial charge is 0.165 e. The molecular formula is C17H24FNO2. The quantitative estimate of drug-likeness (QED) is 0.832. The second-order valence-corrected chi connectivity index (χ2v) is 5.97. The van der Waals surface area contributed by atoms with E-state index in [0.29, 0.717) is 17.9 Å². The van der Waals surface area contributed by atoms with E-state index in [9.17, 15) is 4.39 Å². The first-order valence-corrected chi connectivity index (χ1v) is 8.04. The van der Waals surface area contributed by atoms with Gasteiger partial charge in [-0.15, -0.1) is 0 Å². The number of hydrogen-bond donors (Lipinski definition) is 0. The zero-order chi connectivity index (χ0) is 14.7. The summed E-state index contributed by atoms with van der Waals surface area (Å²) >= 11 is 0. The van der Waals surface area contributed by atoms with E-state index in [0.717, 1.165) is 26.1 Å². The Balaban J connectivity index is 1.51. The molecule has 1 aromatic carbocycles. The number of nitrogens with zero attached hydrogens (tertiary/aromatic N) is 1. The van der Waals surface area contributed by atoms with E-state index in [2.05, 4.69) is 11.8 Å². The molecule has 0 amide bonds. The summed E-state index contributed by atoms with van der Waals surface area (Å²) in [5.41, 5.74) is 0. The predicted octanol–water partition coefficient (Wildman–Crippen LogP) is 3.24. The van der Waals surface area contributed by atoms with Gasteiger partial charge in [0, 0.05) is 25.7 Å². The van der Waals surface area contributed by atoms with E-state index < -0.39 is 0 Å². The van der Waals surface area contributed by atoms with Crippen molar-refractivity contribution in [3.63, 3.8) is 0 Å². The third-order valence-electron chi connectivity index (χ3n) is 4.52. The van der Waals surface area contributed by atoms with Crippen LogP contribution in [0.4, 0.5) is 4.39 Å². The monoisotopic (exact) mass is 293 g/mol. The molecule has 0 radical (unpaired) electrons. The summed E-state index contributed by atoms with van der Waals surface area (Å²) in [7, 11) is 0. The maximum absolute atomic E-state index is 13.6. The van der Waals surface area contributed by atoms with E-state index in [1.165, 1.54) is 25.3 Å². The Kier molecular flexibility index (Phi) is 4.76. The first kappa shape index (κ1) is 14.8. The molecule has 1 aromatic rings. The fourth-order valence-corrected chi connectivity index (χ4v) is 3.44. The molecule has 1 aliphatic heterocycles. The van der Waals surface area contributed by atoms with Gasteiger partial charge in [0.1, 0.15) is 6.10 Å². The summed E-state index contributed by atoms with van der Waals surface area (Å²) in [5, 5.41) is 0. The summed E-state index contributed by atoms with van der Waals surface area (Å²) in [4.78, 5) is 2.44. The van der Waals surface area contributed by atoms with Crippen LogP contribution < -0.4 is 4.74 Å². The molecule has 3 rings (SSSR count). The van der Waals surface area contributed by atoms with Crippen LogP contribution in [0.5, 0.6) is 5.75 Å². The van der Waals surface area contributed by atoms with Crippen LogP contribution in [0.3, 0.4) is 0 Å². The van der Waals surface area contributed by atoms with Crippen LogP contribution in [0.25, 0.3) is 0 Å². The molecule has 0 aromatic heterocycles. The Morgan fingerprint density at radius 1 is 1.19 bits per heavy atom. The fourth-order valence-electron chi connectivity index (χ4n) is 3.44. The Morgan fingerprint density at radius 3 is 2.71 bits per heavy atom. The minimum absolute atomic E-state index is 0.103. The van der Waals surface area contributed by atoms with E-state index in [-0.39, 0.29) is 11.9 Å². The zero-order valence-electron chi connectivity index (χ0n) is 12.6. The molecule has 4 heteroatoms. The third-order valence-corrected chi connectivity index (χ3v) is 4.52. The number of para-hydroxylation sites is 1. The highest BCUT2D eigenvalue weighted by atomic mass is 19.1. The van der Waals surface area contributed by atoms with Crippen LogP contribution in [-0.4, -0.2) is 42.8 Å². The highest BCUT2D eigenvalue weighted by Gasteiger charge is 2.39. The van der Waals surface area contributed by atoms with Gasteiger partial charge in [-0.3, -0.25) is 4.90 Å². The van der Waals surface area contributed by atoms with Crippen LogP contribution >= 0.6 is 0 Å². The third kappa shape index (κ3) is 3.38. The molecule has 2 fully saturated rings. The van der Waals surface area contributed by atoms with Crippen molar-refractivity contribution >= 4 is 0 Å². The largest absolute Gasteiger partial charge is 0.485 e. The molecule has 116 valence electrons. The Morgan fingerprint density at radius 2 is 1.95 bits per heavy atom. The van der Waals surface area contributed by atoms with Crippen molar-refractivity contribution in [2.45, 2.75) is 50.9 Å². The number of hydrogen-bond acceptors (Lipinski definition) is 3. The lowest BCUT2D eigenvalue weighted by atomic mass is 9.89. The SMILES string of the molecule is CCOC1CCCCC1N1CC(Oc2ccccc2F)C1.